The predicted octanol–water partition coefficient (Wildman–Crippen LogP) is 3.66. The lowest BCUT2D eigenvalue weighted by molar-refractivity contribution is 0.273. The molecule has 2 aliphatic rings. The van der Waals surface area contributed by atoms with Gasteiger partial charge in [0.2, 0.25) is 0 Å². The highest BCUT2D eigenvalue weighted by atomic mass is 127. The van der Waals surface area contributed by atoms with Gasteiger partial charge in [-0.25, -0.2) is 4.99 Å². The number of guanidine groups is 1. The second-order valence-corrected chi connectivity index (χ2v) is 6.67. The SMILES string of the molecule is CCNC(=NCc1ccc2c(c1)OCCCO2)N1CCC(C)CC1.I. The molecular weight excluding hydrogens is 429 g/mol. The van der Waals surface area contributed by atoms with Gasteiger partial charge in [0.15, 0.2) is 17.5 Å². The molecule has 0 aliphatic carbocycles. The fourth-order valence-corrected chi connectivity index (χ4v) is 3.12. The third-order valence-electron chi connectivity index (χ3n) is 4.64. The van der Waals surface area contributed by atoms with E-state index in [0.717, 1.165) is 61.6 Å². The smallest absolute Gasteiger partial charge is 0.194 e. The summed E-state index contributed by atoms with van der Waals surface area (Å²) in [5, 5.41) is 3.43. The van der Waals surface area contributed by atoms with E-state index in [4.69, 9.17) is 14.5 Å². The Morgan fingerprint density at radius 1 is 1.20 bits per heavy atom. The standard InChI is InChI=1S/C19H29N3O2.HI/c1-3-20-19(22-9-7-15(2)8-10-22)21-14-16-5-6-17-18(13-16)24-12-4-11-23-17;/h5-6,13,15H,3-4,7-12,14H2,1-2H3,(H,20,21);1H. The zero-order chi connectivity index (χ0) is 16.8. The number of piperidine rings is 1. The van der Waals surface area contributed by atoms with E-state index in [1.54, 1.807) is 0 Å². The number of fused-ring (bicyclic) bond motifs is 1. The minimum Gasteiger partial charge on any atom is -0.490 e. The second-order valence-electron chi connectivity index (χ2n) is 6.67. The van der Waals surface area contributed by atoms with Crippen LogP contribution in [0.1, 0.15) is 38.7 Å². The molecule has 1 fully saturated rings. The number of benzene rings is 1. The molecule has 5 nitrogen and oxygen atoms in total. The number of likely N-dealkylation sites (tertiary alicyclic amines) is 1. The van der Waals surface area contributed by atoms with Crippen LogP contribution in [0.4, 0.5) is 0 Å². The molecule has 2 aliphatic heterocycles. The van der Waals surface area contributed by atoms with Crippen LogP contribution < -0.4 is 14.8 Å². The van der Waals surface area contributed by atoms with Gasteiger partial charge >= 0.3 is 0 Å². The minimum absolute atomic E-state index is 0. The van der Waals surface area contributed by atoms with Crippen molar-refractivity contribution < 1.29 is 9.47 Å². The van der Waals surface area contributed by atoms with Crippen LogP contribution in [0.5, 0.6) is 11.5 Å². The fourth-order valence-electron chi connectivity index (χ4n) is 3.12. The molecule has 0 unspecified atom stereocenters. The van der Waals surface area contributed by atoms with Crippen molar-refractivity contribution in [3.63, 3.8) is 0 Å². The zero-order valence-electron chi connectivity index (χ0n) is 15.3. The van der Waals surface area contributed by atoms with Crippen molar-refractivity contribution in [1.29, 1.82) is 0 Å². The summed E-state index contributed by atoms with van der Waals surface area (Å²) in [7, 11) is 0. The van der Waals surface area contributed by atoms with Crippen molar-refractivity contribution in [3.8, 4) is 11.5 Å². The summed E-state index contributed by atoms with van der Waals surface area (Å²) in [5.41, 5.74) is 1.15. The van der Waals surface area contributed by atoms with Crippen LogP contribution in [0.2, 0.25) is 0 Å². The van der Waals surface area contributed by atoms with Gasteiger partial charge < -0.3 is 19.7 Å². The molecule has 0 spiro atoms. The Balaban J connectivity index is 0.00000225. The first kappa shape index (κ1) is 20.1. The number of halogens is 1. The lowest BCUT2D eigenvalue weighted by atomic mass is 10.00. The van der Waals surface area contributed by atoms with E-state index < -0.39 is 0 Å². The van der Waals surface area contributed by atoms with E-state index in [2.05, 4.69) is 36.2 Å². The molecule has 25 heavy (non-hydrogen) atoms. The molecule has 2 heterocycles. The van der Waals surface area contributed by atoms with Crippen LogP contribution >= 0.6 is 24.0 Å². The Morgan fingerprint density at radius 3 is 2.64 bits per heavy atom. The van der Waals surface area contributed by atoms with Crippen LogP contribution in [0.15, 0.2) is 23.2 Å². The van der Waals surface area contributed by atoms with E-state index >= 15 is 0 Å². The summed E-state index contributed by atoms with van der Waals surface area (Å²) in [6.45, 7) is 9.63. The van der Waals surface area contributed by atoms with Crippen molar-refractivity contribution in [3.05, 3.63) is 23.8 Å². The number of rotatable bonds is 3. The first-order valence-electron chi connectivity index (χ1n) is 9.18. The molecule has 0 saturated carbocycles. The van der Waals surface area contributed by atoms with Gasteiger partial charge in [0.05, 0.1) is 19.8 Å². The molecule has 140 valence electrons. The van der Waals surface area contributed by atoms with E-state index in [0.29, 0.717) is 13.2 Å². The van der Waals surface area contributed by atoms with Crippen LogP contribution in [0, 0.1) is 5.92 Å². The monoisotopic (exact) mass is 459 g/mol. The number of nitrogens with one attached hydrogen (secondary N) is 1. The summed E-state index contributed by atoms with van der Waals surface area (Å²) >= 11 is 0. The highest BCUT2D eigenvalue weighted by Crippen LogP contribution is 2.30. The number of hydrogen-bond donors (Lipinski definition) is 1. The summed E-state index contributed by atoms with van der Waals surface area (Å²) in [5.74, 6) is 3.54. The third-order valence-corrected chi connectivity index (χ3v) is 4.64. The third kappa shape index (κ3) is 5.66. The van der Waals surface area contributed by atoms with Crippen LogP contribution in [0.25, 0.3) is 0 Å². The Hall–Kier alpha value is -1.18. The molecule has 1 aromatic rings. The molecule has 1 N–H and O–H groups in total. The molecule has 6 heteroatoms. The van der Waals surface area contributed by atoms with E-state index in [1.807, 2.05) is 6.07 Å². The van der Waals surface area contributed by atoms with Gasteiger partial charge in [-0.1, -0.05) is 13.0 Å². The quantitative estimate of drug-likeness (QED) is 0.426. The fraction of sp³-hybridized carbons (Fsp3) is 0.632. The zero-order valence-corrected chi connectivity index (χ0v) is 17.6. The highest BCUT2D eigenvalue weighted by Gasteiger charge is 2.18. The lowest BCUT2D eigenvalue weighted by Crippen LogP contribution is -2.45. The van der Waals surface area contributed by atoms with Gasteiger partial charge in [0.1, 0.15) is 0 Å². The topological polar surface area (TPSA) is 46.1 Å². The lowest BCUT2D eigenvalue weighted by Gasteiger charge is -2.33. The average molecular weight is 459 g/mol. The van der Waals surface area contributed by atoms with Crippen molar-refractivity contribution >= 4 is 29.9 Å². The number of ether oxygens (including phenoxy) is 2. The van der Waals surface area contributed by atoms with E-state index in [-0.39, 0.29) is 24.0 Å². The van der Waals surface area contributed by atoms with Gasteiger partial charge in [-0.05, 0) is 43.4 Å². The maximum Gasteiger partial charge on any atom is 0.194 e. The van der Waals surface area contributed by atoms with E-state index in [1.165, 1.54) is 12.8 Å². The van der Waals surface area contributed by atoms with Gasteiger partial charge in [0.25, 0.3) is 0 Å². The van der Waals surface area contributed by atoms with Crippen molar-refractivity contribution in [2.45, 2.75) is 39.7 Å². The minimum atomic E-state index is 0. The maximum absolute atomic E-state index is 5.77. The van der Waals surface area contributed by atoms with Crippen molar-refractivity contribution in [1.82, 2.24) is 10.2 Å². The normalized spacial score (nSPS) is 18.3. The Bertz CT molecular complexity index is 572. The van der Waals surface area contributed by atoms with Crippen LogP contribution in [-0.4, -0.2) is 43.7 Å². The molecule has 0 atom stereocenters. The van der Waals surface area contributed by atoms with Gasteiger partial charge in [0, 0.05) is 26.1 Å². The predicted molar refractivity (Wildman–Crippen MR) is 112 cm³/mol. The maximum atomic E-state index is 5.77. The molecule has 3 rings (SSSR count). The first-order chi connectivity index (χ1) is 11.8. The highest BCUT2D eigenvalue weighted by molar-refractivity contribution is 14.0. The Morgan fingerprint density at radius 2 is 1.92 bits per heavy atom. The molecule has 1 aromatic carbocycles. The molecule has 0 aromatic heterocycles. The number of hydrogen-bond acceptors (Lipinski definition) is 3. The summed E-state index contributed by atoms with van der Waals surface area (Å²) < 4.78 is 11.5. The molecular formula is C19H30IN3O2. The van der Waals surface area contributed by atoms with Crippen molar-refractivity contribution in [2.75, 3.05) is 32.8 Å². The number of aliphatic imine (C=N–C) groups is 1. The van der Waals surface area contributed by atoms with Crippen LogP contribution in [-0.2, 0) is 6.54 Å². The molecule has 0 radical (unpaired) electrons. The Labute approximate surface area is 168 Å². The van der Waals surface area contributed by atoms with Gasteiger partial charge in [-0.3, -0.25) is 0 Å². The first-order valence-corrected chi connectivity index (χ1v) is 9.18. The van der Waals surface area contributed by atoms with Crippen molar-refractivity contribution in [2.24, 2.45) is 10.9 Å². The largest absolute Gasteiger partial charge is 0.490 e. The average Bonchev–Trinajstić information content (AvgIpc) is 2.84. The van der Waals surface area contributed by atoms with Crippen LogP contribution in [0.3, 0.4) is 0 Å². The summed E-state index contributed by atoms with van der Waals surface area (Å²) in [4.78, 5) is 7.22. The summed E-state index contributed by atoms with van der Waals surface area (Å²) in [6.07, 6.45) is 3.42. The van der Waals surface area contributed by atoms with Gasteiger partial charge in [-0.15, -0.1) is 24.0 Å². The number of nitrogens with zero attached hydrogens (tertiary/aromatic N) is 2. The van der Waals surface area contributed by atoms with Gasteiger partial charge in [-0.2, -0.15) is 0 Å². The summed E-state index contributed by atoms with van der Waals surface area (Å²) in [6, 6.07) is 6.14. The Kier molecular flexibility index (Phi) is 8.12. The van der Waals surface area contributed by atoms with E-state index in [9.17, 15) is 0 Å². The second kappa shape index (κ2) is 10.1. The molecule has 0 amide bonds. The molecule has 1 saturated heterocycles. The molecule has 0 bridgehead atoms.